The number of alkyl halides is 2. The molecule has 0 aromatic heterocycles. The Labute approximate surface area is 104 Å². The summed E-state index contributed by atoms with van der Waals surface area (Å²) in [5.74, 6) is -0.596. The van der Waals surface area contributed by atoms with Crippen LogP contribution in [0.2, 0.25) is 0 Å². The van der Waals surface area contributed by atoms with Crippen LogP contribution in [-0.4, -0.2) is 13.1 Å². The minimum absolute atomic E-state index is 0.0962. The van der Waals surface area contributed by atoms with Crippen LogP contribution in [0.4, 0.5) is 8.78 Å². The summed E-state index contributed by atoms with van der Waals surface area (Å²) in [5.41, 5.74) is 0.386. The van der Waals surface area contributed by atoms with Crippen molar-refractivity contribution in [3.8, 4) is 6.07 Å². The van der Waals surface area contributed by atoms with Crippen LogP contribution in [0.3, 0.4) is 0 Å². The van der Waals surface area contributed by atoms with Gasteiger partial charge in [-0.15, -0.1) is 0 Å². The zero-order valence-electron chi connectivity index (χ0n) is 10.2. The van der Waals surface area contributed by atoms with E-state index in [1.54, 1.807) is 19.1 Å². The standard InChI is InChI=1S/C13H13F2NO2/c1-3-8-4-5-9(7-16)12(13(14)15)10(8)6-11(17)18-2/h4-5,13H,3,6H2,1-2H3. The first-order chi connectivity index (χ1) is 8.54. The van der Waals surface area contributed by atoms with Gasteiger partial charge in [0.1, 0.15) is 0 Å². The highest BCUT2D eigenvalue weighted by molar-refractivity contribution is 5.74. The van der Waals surface area contributed by atoms with E-state index in [1.165, 1.54) is 13.2 Å². The number of nitrogens with zero attached hydrogens (tertiary/aromatic N) is 1. The molecule has 0 amide bonds. The summed E-state index contributed by atoms with van der Waals surface area (Å²) in [7, 11) is 1.20. The van der Waals surface area contributed by atoms with Crippen molar-refractivity contribution in [3.05, 3.63) is 34.4 Å². The number of hydrogen-bond acceptors (Lipinski definition) is 3. The number of carbonyl (C=O) groups is 1. The van der Waals surface area contributed by atoms with Crippen molar-refractivity contribution < 1.29 is 18.3 Å². The molecule has 0 bridgehead atoms. The fourth-order valence-electron chi connectivity index (χ4n) is 1.81. The molecule has 0 atom stereocenters. The summed E-state index contributed by atoms with van der Waals surface area (Å²) in [6, 6.07) is 4.69. The molecule has 0 unspecified atom stereocenters. The number of carbonyl (C=O) groups excluding carboxylic acids is 1. The predicted molar refractivity (Wildman–Crippen MR) is 61.2 cm³/mol. The number of esters is 1. The molecule has 1 aromatic rings. The monoisotopic (exact) mass is 253 g/mol. The first-order valence-corrected chi connectivity index (χ1v) is 5.44. The zero-order chi connectivity index (χ0) is 13.7. The molecule has 3 nitrogen and oxygen atoms in total. The van der Waals surface area contributed by atoms with Crippen LogP contribution >= 0.6 is 0 Å². The van der Waals surface area contributed by atoms with E-state index in [1.807, 2.05) is 0 Å². The van der Waals surface area contributed by atoms with Crippen LogP contribution in [0.1, 0.15) is 35.6 Å². The van der Waals surface area contributed by atoms with Gasteiger partial charge in [-0.1, -0.05) is 13.0 Å². The Bertz CT molecular complexity index is 492. The van der Waals surface area contributed by atoms with Crippen LogP contribution in [0.5, 0.6) is 0 Å². The van der Waals surface area contributed by atoms with E-state index >= 15 is 0 Å². The Morgan fingerprint density at radius 3 is 2.61 bits per heavy atom. The highest BCUT2D eigenvalue weighted by Crippen LogP contribution is 2.30. The number of methoxy groups -OCH3 is 1. The molecule has 0 spiro atoms. The molecule has 0 saturated heterocycles. The number of halogens is 2. The van der Waals surface area contributed by atoms with Gasteiger partial charge in [0.15, 0.2) is 0 Å². The highest BCUT2D eigenvalue weighted by Gasteiger charge is 2.22. The molecular formula is C13H13F2NO2. The molecule has 0 heterocycles. The molecule has 0 aliphatic heterocycles. The lowest BCUT2D eigenvalue weighted by molar-refractivity contribution is -0.139. The van der Waals surface area contributed by atoms with Gasteiger partial charge in [-0.25, -0.2) is 8.78 Å². The van der Waals surface area contributed by atoms with Crippen LogP contribution < -0.4 is 0 Å². The van der Waals surface area contributed by atoms with E-state index in [-0.39, 0.29) is 23.1 Å². The van der Waals surface area contributed by atoms with Gasteiger partial charge in [-0.05, 0) is 23.6 Å². The van der Waals surface area contributed by atoms with E-state index < -0.39 is 12.4 Å². The lowest BCUT2D eigenvalue weighted by Gasteiger charge is -2.14. The second-order valence-electron chi connectivity index (χ2n) is 3.68. The van der Waals surface area contributed by atoms with Crippen molar-refractivity contribution in [2.24, 2.45) is 0 Å². The first-order valence-electron chi connectivity index (χ1n) is 5.44. The topological polar surface area (TPSA) is 50.1 Å². The minimum atomic E-state index is -2.79. The van der Waals surface area contributed by atoms with Crippen LogP contribution in [0.25, 0.3) is 0 Å². The third kappa shape index (κ3) is 2.83. The number of rotatable bonds is 4. The molecule has 0 aliphatic rings. The van der Waals surface area contributed by atoms with Crippen LogP contribution in [-0.2, 0) is 22.4 Å². The number of benzene rings is 1. The summed E-state index contributed by atoms with van der Waals surface area (Å²) < 4.78 is 30.6. The zero-order valence-corrected chi connectivity index (χ0v) is 10.2. The Balaban J connectivity index is 3.41. The smallest absolute Gasteiger partial charge is 0.310 e. The number of nitriles is 1. The second-order valence-corrected chi connectivity index (χ2v) is 3.68. The van der Waals surface area contributed by atoms with Gasteiger partial charge in [0.05, 0.1) is 25.2 Å². The quantitative estimate of drug-likeness (QED) is 0.775. The Morgan fingerprint density at radius 1 is 1.50 bits per heavy atom. The van der Waals surface area contributed by atoms with Crippen molar-refractivity contribution in [1.82, 2.24) is 0 Å². The minimum Gasteiger partial charge on any atom is -0.469 e. The summed E-state index contributed by atoms with van der Waals surface area (Å²) in [6.07, 6.45) is -2.52. The van der Waals surface area contributed by atoms with Gasteiger partial charge < -0.3 is 4.74 Å². The average Bonchev–Trinajstić information content (AvgIpc) is 2.37. The molecule has 0 fully saturated rings. The summed E-state index contributed by atoms with van der Waals surface area (Å²) in [5, 5.41) is 8.85. The van der Waals surface area contributed by atoms with Crippen molar-refractivity contribution in [2.45, 2.75) is 26.2 Å². The van der Waals surface area contributed by atoms with E-state index in [9.17, 15) is 13.6 Å². The van der Waals surface area contributed by atoms with E-state index in [2.05, 4.69) is 4.74 Å². The Kier molecular flexibility index (Phi) is 4.78. The number of aryl methyl sites for hydroxylation is 1. The van der Waals surface area contributed by atoms with Gasteiger partial charge in [-0.2, -0.15) is 5.26 Å². The number of hydrogen-bond donors (Lipinski definition) is 0. The van der Waals surface area contributed by atoms with Gasteiger partial charge in [-0.3, -0.25) is 4.79 Å². The molecule has 1 rings (SSSR count). The first kappa shape index (κ1) is 14.1. The highest BCUT2D eigenvalue weighted by atomic mass is 19.3. The maximum absolute atomic E-state index is 13.0. The van der Waals surface area contributed by atoms with Crippen molar-refractivity contribution in [1.29, 1.82) is 5.26 Å². The van der Waals surface area contributed by atoms with E-state index in [0.717, 1.165) is 0 Å². The summed E-state index contributed by atoms with van der Waals surface area (Å²) >= 11 is 0. The molecule has 0 radical (unpaired) electrons. The summed E-state index contributed by atoms with van der Waals surface area (Å²) in [4.78, 5) is 11.3. The van der Waals surface area contributed by atoms with Gasteiger partial charge in [0, 0.05) is 5.56 Å². The summed E-state index contributed by atoms with van der Waals surface area (Å²) in [6.45, 7) is 1.80. The molecule has 1 aromatic carbocycles. The van der Waals surface area contributed by atoms with Crippen LogP contribution in [0.15, 0.2) is 12.1 Å². The SMILES string of the molecule is CCc1ccc(C#N)c(C(F)F)c1CC(=O)OC. The molecule has 0 N–H and O–H groups in total. The molecule has 0 saturated carbocycles. The van der Waals surface area contributed by atoms with Gasteiger partial charge >= 0.3 is 5.97 Å². The Hall–Kier alpha value is -1.96. The largest absolute Gasteiger partial charge is 0.469 e. The lowest BCUT2D eigenvalue weighted by atomic mass is 9.93. The Morgan fingerprint density at radius 2 is 2.17 bits per heavy atom. The predicted octanol–water partition coefficient (Wildman–Crippen LogP) is 2.77. The molecule has 96 valence electrons. The third-order valence-corrected chi connectivity index (χ3v) is 2.72. The third-order valence-electron chi connectivity index (χ3n) is 2.72. The second kappa shape index (κ2) is 6.10. The number of ether oxygens (including phenoxy) is 1. The average molecular weight is 253 g/mol. The molecular weight excluding hydrogens is 240 g/mol. The molecule has 18 heavy (non-hydrogen) atoms. The normalized spacial score (nSPS) is 10.2. The maximum Gasteiger partial charge on any atom is 0.310 e. The van der Waals surface area contributed by atoms with Crippen molar-refractivity contribution in [3.63, 3.8) is 0 Å². The van der Waals surface area contributed by atoms with Crippen molar-refractivity contribution in [2.75, 3.05) is 7.11 Å². The lowest BCUT2D eigenvalue weighted by Crippen LogP contribution is -2.11. The molecule has 5 heteroatoms. The van der Waals surface area contributed by atoms with E-state index in [0.29, 0.717) is 12.0 Å². The maximum atomic E-state index is 13.0. The fraction of sp³-hybridized carbons (Fsp3) is 0.385. The molecule has 0 aliphatic carbocycles. The van der Waals surface area contributed by atoms with Crippen molar-refractivity contribution >= 4 is 5.97 Å². The van der Waals surface area contributed by atoms with Gasteiger partial charge in [0.2, 0.25) is 0 Å². The van der Waals surface area contributed by atoms with Crippen LogP contribution in [0, 0.1) is 11.3 Å². The fourth-order valence-corrected chi connectivity index (χ4v) is 1.81. The van der Waals surface area contributed by atoms with Gasteiger partial charge in [0.25, 0.3) is 6.43 Å². The van der Waals surface area contributed by atoms with E-state index in [4.69, 9.17) is 5.26 Å².